The predicted octanol–water partition coefficient (Wildman–Crippen LogP) is 2.03. The number of alkyl halides is 1. The van der Waals surface area contributed by atoms with E-state index in [1.54, 1.807) is 0 Å². The fourth-order valence-corrected chi connectivity index (χ4v) is 1.80. The van der Waals surface area contributed by atoms with Crippen molar-refractivity contribution in [1.29, 1.82) is 0 Å². The van der Waals surface area contributed by atoms with Crippen molar-refractivity contribution in [3.8, 4) is 0 Å². The molecule has 1 fully saturated rings. The first kappa shape index (κ1) is 10.0. The van der Waals surface area contributed by atoms with Crippen LogP contribution in [-0.2, 0) is 4.79 Å². The van der Waals surface area contributed by atoms with Gasteiger partial charge in [-0.1, -0.05) is 29.8 Å². The van der Waals surface area contributed by atoms with Gasteiger partial charge in [-0.15, -0.1) is 0 Å². The highest BCUT2D eigenvalue weighted by Gasteiger charge is 2.26. The molecule has 0 aromatic heterocycles. The number of halogens is 1. The van der Waals surface area contributed by atoms with Crippen LogP contribution in [0.25, 0.3) is 0 Å². The van der Waals surface area contributed by atoms with Crippen LogP contribution in [0.15, 0.2) is 0 Å². The van der Waals surface area contributed by atoms with Gasteiger partial charge in [-0.2, -0.15) is 0 Å². The van der Waals surface area contributed by atoms with Gasteiger partial charge < -0.3 is 4.90 Å². The molecule has 3 heteroatoms. The van der Waals surface area contributed by atoms with E-state index in [1.807, 2.05) is 4.90 Å². The average Bonchev–Trinajstić information content (AvgIpc) is 2.03. The molecule has 1 rings (SSSR count). The molecule has 0 saturated carbocycles. The summed E-state index contributed by atoms with van der Waals surface area (Å²) in [5.41, 5.74) is 0.434. The zero-order chi connectivity index (χ0) is 9.19. The highest BCUT2D eigenvalue weighted by molar-refractivity contribution is 9.09. The Morgan fingerprint density at radius 2 is 1.92 bits per heavy atom. The minimum atomic E-state index is 0.227. The largest absolute Gasteiger partial charge is 0.342 e. The molecule has 1 saturated heterocycles. The maximum Gasteiger partial charge on any atom is 0.233 e. The number of carbonyl (C=O) groups excluding carboxylic acids is 1. The van der Waals surface area contributed by atoms with Crippen molar-refractivity contribution in [2.45, 2.75) is 26.7 Å². The molecule has 1 aliphatic rings. The van der Waals surface area contributed by atoms with Gasteiger partial charge in [-0.25, -0.2) is 0 Å². The third kappa shape index (κ3) is 2.47. The van der Waals surface area contributed by atoms with E-state index in [9.17, 15) is 4.79 Å². The topological polar surface area (TPSA) is 20.3 Å². The lowest BCUT2D eigenvalue weighted by atomic mass is 9.83. The lowest BCUT2D eigenvalue weighted by Crippen LogP contribution is -2.41. The molecule has 1 heterocycles. The van der Waals surface area contributed by atoms with Gasteiger partial charge in [0.25, 0.3) is 0 Å². The van der Waals surface area contributed by atoms with Crippen molar-refractivity contribution in [3.05, 3.63) is 0 Å². The summed E-state index contributed by atoms with van der Waals surface area (Å²) in [5.74, 6) is 0.227. The fourth-order valence-electron chi connectivity index (χ4n) is 1.45. The summed E-state index contributed by atoms with van der Waals surface area (Å²) in [6.45, 7) is 6.39. The van der Waals surface area contributed by atoms with Crippen molar-refractivity contribution < 1.29 is 4.79 Å². The van der Waals surface area contributed by atoms with Crippen LogP contribution in [0.2, 0.25) is 0 Å². The van der Waals surface area contributed by atoms with Crippen LogP contribution < -0.4 is 0 Å². The monoisotopic (exact) mass is 233 g/mol. The first-order chi connectivity index (χ1) is 5.55. The molecule has 1 aliphatic heterocycles. The third-order valence-electron chi connectivity index (χ3n) is 2.58. The molecule has 0 radical (unpaired) electrons. The van der Waals surface area contributed by atoms with Crippen LogP contribution in [-0.4, -0.2) is 29.2 Å². The Morgan fingerprint density at radius 3 is 2.33 bits per heavy atom. The summed E-state index contributed by atoms with van der Waals surface area (Å²) in [6, 6.07) is 0. The Balaban J connectivity index is 2.41. The Morgan fingerprint density at radius 1 is 1.42 bits per heavy atom. The first-order valence-electron chi connectivity index (χ1n) is 4.39. The summed E-state index contributed by atoms with van der Waals surface area (Å²) in [4.78, 5) is 13.2. The van der Waals surface area contributed by atoms with Crippen molar-refractivity contribution in [3.63, 3.8) is 0 Å². The highest BCUT2D eigenvalue weighted by atomic mass is 79.9. The van der Waals surface area contributed by atoms with Crippen molar-refractivity contribution in [2.75, 3.05) is 18.4 Å². The molecule has 0 unspecified atom stereocenters. The standard InChI is InChI=1S/C9H16BrNO/c1-9(2)3-5-11(6-4-9)8(12)7-10/h3-7H2,1-2H3. The van der Waals surface area contributed by atoms with Gasteiger partial charge in [0, 0.05) is 13.1 Å². The van der Waals surface area contributed by atoms with Crippen LogP contribution >= 0.6 is 15.9 Å². The molecule has 1 amide bonds. The van der Waals surface area contributed by atoms with Gasteiger partial charge in [0.1, 0.15) is 0 Å². The number of piperidine rings is 1. The molecular weight excluding hydrogens is 218 g/mol. The fraction of sp³-hybridized carbons (Fsp3) is 0.889. The minimum absolute atomic E-state index is 0.227. The van der Waals surface area contributed by atoms with Crippen LogP contribution in [0.1, 0.15) is 26.7 Å². The summed E-state index contributed by atoms with van der Waals surface area (Å²) in [6.07, 6.45) is 2.26. The van der Waals surface area contributed by atoms with E-state index in [-0.39, 0.29) is 5.91 Å². The second-order valence-electron chi connectivity index (χ2n) is 4.18. The molecule has 0 aromatic carbocycles. The molecule has 0 atom stereocenters. The average molecular weight is 234 g/mol. The Bertz CT molecular complexity index is 169. The third-order valence-corrected chi connectivity index (χ3v) is 3.06. The van der Waals surface area contributed by atoms with Crippen LogP contribution in [0.3, 0.4) is 0 Å². The van der Waals surface area contributed by atoms with E-state index in [2.05, 4.69) is 29.8 Å². The molecule has 70 valence electrons. The van der Waals surface area contributed by atoms with E-state index in [0.717, 1.165) is 25.9 Å². The second-order valence-corrected chi connectivity index (χ2v) is 4.74. The van der Waals surface area contributed by atoms with Crippen LogP contribution in [0.4, 0.5) is 0 Å². The van der Waals surface area contributed by atoms with E-state index in [1.165, 1.54) is 0 Å². The maximum absolute atomic E-state index is 11.3. The molecule has 0 bridgehead atoms. The molecule has 0 aromatic rings. The summed E-state index contributed by atoms with van der Waals surface area (Å²) < 4.78 is 0. The second kappa shape index (κ2) is 3.77. The molecule has 0 N–H and O–H groups in total. The SMILES string of the molecule is CC1(C)CCN(C(=O)CBr)CC1. The van der Waals surface area contributed by atoms with Gasteiger partial charge in [0.2, 0.25) is 5.91 Å². The van der Waals surface area contributed by atoms with E-state index >= 15 is 0 Å². The van der Waals surface area contributed by atoms with Gasteiger partial charge in [0.05, 0.1) is 5.33 Å². The zero-order valence-electron chi connectivity index (χ0n) is 7.77. The normalized spacial score (nSPS) is 22.4. The van der Waals surface area contributed by atoms with E-state index in [0.29, 0.717) is 10.7 Å². The van der Waals surface area contributed by atoms with Gasteiger partial charge in [0.15, 0.2) is 0 Å². The molecule has 0 aliphatic carbocycles. The number of carbonyl (C=O) groups is 1. The maximum atomic E-state index is 11.3. The quantitative estimate of drug-likeness (QED) is 0.635. The Labute approximate surface area is 82.4 Å². The van der Waals surface area contributed by atoms with Crippen molar-refractivity contribution in [1.82, 2.24) is 4.90 Å². The number of hydrogen-bond donors (Lipinski definition) is 0. The molecule has 0 spiro atoms. The lowest BCUT2D eigenvalue weighted by molar-refractivity contribution is -0.130. The summed E-state index contributed by atoms with van der Waals surface area (Å²) in [7, 11) is 0. The van der Waals surface area contributed by atoms with Crippen LogP contribution in [0, 0.1) is 5.41 Å². The van der Waals surface area contributed by atoms with Crippen molar-refractivity contribution in [2.24, 2.45) is 5.41 Å². The van der Waals surface area contributed by atoms with Gasteiger partial charge >= 0.3 is 0 Å². The number of hydrogen-bond acceptors (Lipinski definition) is 1. The number of amides is 1. The van der Waals surface area contributed by atoms with E-state index < -0.39 is 0 Å². The molecular formula is C9H16BrNO. The summed E-state index contributed by atoms with van der Waals surface area (Å²) in [5, 5.41) is 0.466. The number of nitrogens with zero attached hydrogens (tertiary/aromatic N) is 1. The van der Waals surface area contributed by atoms with E-state index in [4.69, 9.17) is 0 Å². The number of likely N-dealkylation sites (tertiary alicyclic amines) is 1. The number of rotatable bonds is 1. The lowest BCUT2D eigenvalue weighted by Gasteiger charge is -2.36. The predicted molar refractivity (Wildman–Crippen MR) is 53.4 cm³/mol. The first-order valence-corrected chi connectivity index (χ1v) is 5.51. The minimum Gasteiger partial charge on any atom is -0.342 e. The van der Waals surface area contributed by atoms with Gasteiger partial charge in [-0.05, 0) is 18.3 Å². The molecule has 12 heavy (non-hydrogen) atoms. The smallest absolute Gasteiger partial charge is 0.233 e. The Hall–Kier alpha value is -0.0500. The van der Waals surface area contributed by atoms with Gasteiger partial charge in [-0.3, -0.25) is 4.79 Å². The summed E-state index contributed by atoms with van der Waals surface area (Å²) >= 11 is 3.19. The zero-order valence-corrected chi connectivity index (χ0v) is 9.35. The Kier molecular flexibility index (Phi) is 3.16. The van der Waals surface area contributed by atoms with Crippen molar-refractivity contribution >= 4 is 21.8 Å². The van der Waals surface area contributed by atoms with Crippen LogP contribution in [0.5, 0.6) is 0 Å². The molecule has 2 nitrogen and oxygen atoms in total. The highest BCUT2D eigenvalue weighted by Crippen LogP contribution is 2.29.